The lowest BCUT2D eigenvalue weighted by atomic mass is 10.0. The number of benzene rings is 2. The fourth-order valence-corrected chi connectivity index (χ4v) is 2.39. The van der Waals surface area contributed by atoms with Gasteiger partial charge < -0.3 is 22.0 Å². The van der Waals surface area contributed by atoms with Gasteiger partial charge >= 0.3 is 12.9 Å². The number of hydrogen-bond donors (Lipinski definition) is 0. The van der Waals surface area contributed by atoms with Gasteiger partial charge in [0, 0.05) is 17.2 Å². The Morgan fingerprint density at radius 1 is 1.04 bits per heavy atom. The van der Waals surface area contributed by atoms with Crippen molar-refractivity contribution >= 4 is 18.7 Å². The summed E-state index contributed by atoms with van der Waals surface area (Å²) in [6.45, 7) is 2.32. The number of carbonyl (C=O) groups excluding carboxylic acids is 1. The summed E-state index contributed by atoms with van der Waals surface area (Å²) in [5.41, 5.74) is 3.23. The van der Waals surface area contributed by atoms with E-state index >= 15 is 0 Å². The second-order valence-corrected chi connectivity index (χ2v) is 4.77. The molecule has 0 aliphatic heterocycles. The van der Waals surface area contributed by atoms with Crippen molar-refractivity contribution in [2.24, 2.45) is 0 Å². The highest BCUT2D eigenvalue weighted by Gasteiger charge is 2.31. The Morgan fingerprint density at radius 2 is 1.62 bits per heavy atom. The van der Waals surface area contributed by atoms with Crippen molar-refractivity contribution in [1.82, 2.24) is 0 Å². The maximum atomic E-state index is 12.3. The highest BCUT2D eigenvalue weighted by Crippen LogP contribution is 2.42. The van der Waals surface area contributed by atoms with Gasteiger partial charge in [-0.3, -0.25) is 4.79 Å². The van der Waals surface area contributed by atoms with Crippen LogP contribution in [0.2, 0.25) is 0 Å². The summed E-state index contributed by atoms with van der Waals surface area (Å²) in [6.07, 6.45) is 0. The summed E-state index contributed by atoms with van der Waals surface area (Å²) in [6, 6.07) is 10.8. The minimum atomic E-state index is -6.00. The molecular formula is C15H11BF4N2O2. The molecule has 1 aliphatic rings. The van der Waals surface area contributed by atoms with E-state index in [2.05, 4.69) is 4.98 Å². The first-order valence-corrected chi connectivity index (χ1v) is 6.93. The normalized spacial score (nSPS) is 11.8. The van der Waals surface area contributed by atoms with Crippen LogP contribution in [0.15, 0.2) is 36.4 Å². The summed E-state index contributed by atoms with van der Waals surface area (Å²) in [4.78, 5) is 15.4. The SMILES string of the molecule is CCOc1cc2c(cc1[N+]#N)C(=O)c1ccccc1-2.F[B-](F)(F)F. The van der Waals surface area contributed by atoms with Crippen molar-refractivity contribution in [3.8, 4) is 16.9 Å². The molecule has 0 saturated carbocycles. The van der Waals surface area contributed by atoms with Gasteiger partial charge in [-0.25, -0.2) is 0 Å². The van der Waals surface area contributed by atoms with Crippen molar-refractivity contribution in [2.45, 2.75) is 6.92 Å². The molecule has 3 rings (SSSR count). The lowest BCUT2D eigenvalue weighted by Crippen LogP contribution is -2.02. The fraction of sp³-hybridized carbons (Fsp3) is 0.133. The third kappa shape index (κ3) is 3.71. The number of ketones is 1. The lowest BCUT2D eigenvalue weighted by molar-refractivity contribution is 0.104. The summed E-state index contributed by atoms with van der Waals surface area (Å²) in [7, 11) is -6.00. The van der Waals surface area contributed by atoms with Gasteiger partial charge in [-0.2, -0.15) is 0 Å². The fourth-order valence-electron chi connectivity index (χ4n) is 2.39. The zero-order chi connectivity index (χ0) is 17.9. The first-order chi connectivity index (χ1) is 11.3. The van der Waals surface area contributed by atoms with Crippen molar-refractivity contribution in [3.63, 3.8) is 0 Å². The van der Waals surface area contributed by atoms with Crippen LogP contribution in [0.25, 0.3) is 16.1 Å². The molecule has 0 fully saturated rings. The maximum absolute atomic E-state index is 12.3. The minimum absolute atomic E-state index is 0.0430. The van der Waals surface area contributed by atoms with Crippen LogP contribution in [0.4, 0.5) is 23.0 Å². The van der Waals surface area contributed by atoms with E-state index in [-0.39, 0.29) is 11.5 Å². The Bertz CT molecular complexity index is 825. The molecule has 0 heterocycles. The maximum Gasteiger partial charge on any atom is 0.673 e. The molecule has 0 aromatic heterocycles. The molecule has 0 N–H and O–H groups in total. The van der Waals surface area contributed by atoms with Crippen molar-refractivity contribution in [3.05, 3.63) is 52.5 Å². The number of diazo groups is 1. The quantitative estimate of drug-likeness (QED) is 0.372. The number of fused-ring (bicyclic) bond motifs is 3. The summed E-state index contributed by atoms with van der Waals surface area (Å²) < 4.78 is 44.4. The van der Waals surface area contributed by atoms with Gasteiger partial charge in [-0.05, 0) is 24.1 Å². The van der Waals surface area contributed by atoms with Gasteiger partial charge in [0.2, 0.25) is 11.1 Å². The molecule has 0 unspecified atom stereocenters. The average molecular weight is 338 g/mol. The Hall–Kier alpha value is -2.89. The molecule has 0 spiro atoms. The number of carbonyl (C=O) groups is 1. The Labute approximate surface area is 134 Å². The molecule has 1 aliphatic carbocycles. The molecule has 2 aromatic rings. The van der Waals surface area contributed by atoms with Crippen LogP contribution in [-0.2, 0) is 0 Å². The van der Waals surface area contributed by atoms with Crippen molar-refractivity contribution in [2.75, 3.05) is 6.61 Å². The molecule has 124 valence electrons. The molecule has 9 heteroatoms. The first-order valence-electron chi connectivity index (χ1n) is 6.93. The van der Waals surface area contributed by atoms with E-state index in [0.29, 0.717) is 23.5 Å². The molecule has 0 amide bonds. The zero-order valence-corrected chi connectivity index (χ0v) is 12.5. The Morgan fingerprint density at radius 3 is 2.17 bits per heavy atom. The van der Waals surface area contributed by atoms with E-state index in [0.717, 1.165) is 11.1 Å². The van der Waals surface area contributed by atoms with Gasteiger partial charge in [0.15, 0.2) is 10.8 Å². The third-order valence-corrected chi connectivity index (χ3v) is 3.21. The largest absolute Gasteiger partial charge is 0.673 e. The molecule has 0 radical (unpaired) electrons. The van der Waals surface area contributed by atoms with Crippen LogP contribution >= 0.6 is 0 Å². The van der Waals surface area contributed by atoms with E-state index in [1.807, 2.05) is 25.1 Å². The standard InChI is InChI=1S/C15H11N2O2.BF4/c1-2-19-14-8-11-9-5-3-4-6-10(9)15(18)12(11)7-13(14)17-16;2-1(3,4)5/h3-8H,2H2,1H3;/q+1;-1. The Kier molecular flexibility index (Phi) is 4.88. The summed E-state index contributed by atoms with van der Waals surface area (Å²) in [5, 5.41) is 9.01. The van der Waals surface area contributed by atoms with Crippen LogP contribution in [0, 0.1) is 5.39 Å². The highest BCUT2D eigenvalue weighted by molar-refractivity contribution is 6.50. The summed E-state index contributed by atoms with van der Waals surface area (Å²) >= 11 is 0. The van der Waals surface area contributed by atoms with Gasteiger partial charge in [-0.15, -0.1) is 0 Å². The number of rotatable bonds is 2. The van der Waals surface area contributed by atoms with Crippen molar-refractivity contribution < 1.29 is 26.8 Å². The predicted molar refractivity (Wildman–Crippen MR) is 81.4 cm³/mol. The second-order valence-electron chi connectivity index (χ2n) is 4.77. The smallest absolute Gasteiger partial charge is 0.486 e. The van der Waals surface area contributed by atoms with Crippen LogP contribution in [0.5, 0.6) is 5.75 Å². The van der Waals surface area contributed by atoms with E-state index in [1.165, 1.54) is 0 Å². The van der Waals surface area contributed by atoms with E-state index in [1.54, 1.807) is 18.2 Å². The number of nitrogens with zero attached hydrogens (tertiary/aromatic N) is 2. The molecule has 0 atom stereocenters. The van der Waals surface area contributed by atoms with Crippen LogP contribution in [-0.4, -0.2) is 19.6 Å². The predicted octanol–water partition coefficient (Wildman–Crippen LogP) is 5.08. The third-order valence-electron chi connectivity index (χ3n) is 3.21. The molecule has 24 heavy (non-hydrogen) atoms. The van der Waals surface area contributed by atoms with E-state index in [4.69, 9.17) is 10.1 Å². The van der Waals surface area contributed by atoms with E-state index in [9.17, 15) is 22.1 Å². The molecule has 4 nitrogen and oxygen atoms in total. The van der Waals surface area contributed by atoms with Crippen LogP contribution in [0.1, 0.15) is 22.8 Å². The van der Waals surface area contributed by atoms with Gasteiger partial charge in [0.1, 0.15) is 0 Å². The average Bonchev–Trinajstić information content (AvgIpc) is 2.78. The Balaban J connectivity index is 0.000000368. The highest BCUT2D eigenvalue weighted by atomic mass is 19.5. The molecule has 0 saturated heterocycles. The van der Waals surface area contributed by atoms with Gasteiger partial charge in [0.05, 0.1) is 6.61 Å². The number of hydrogen-bond acceptors (Lipinski definition) is 3. The van der Waals surface area contributed by atoms with Crippen LogP contribution in [0.3, 0.4) is 0 Å². The van der Waals surface area contributed by atoms with E-state index < -0.39 is 7.25 Å². The van der Waals surface area contributed by atoms with Gasteiger partial charge in [0.25, 0.3) is 0 Å². The van der Waals surface area contributed by atoms with Gasteiger partial charge in [-0.1, -0.05) is 24.3 Å². The summed E-state index contributed by atoms with van der Waals surface area (Å²) in [5.74, 6) is 0.437. The second kappa shape index (κ2) is 6.70. The van der Waals surface area contributed by atoms with Crippen LogP contribution < -0.4 is 4.74 Å². The lowest BCUT2D eigenvalue weighted by Gasteiger charge is -2.03. The molecule has 2 aromatic carbocycles. The molecular weight excluding hydrogens is 327 g/mol. The monoisotopic (exact) mass is 338 g/mol. The van der Waals surface area contributed by atoms with Crippen molar-refractivity contribution in [1.29, 1.82) is 5.39 Å². The molecule has 0 bridgehead atoms. The topological polar surface area (TPSA) is 54.4 Å². The number of ether oxygens (including phenoxy) is 1. The zero-order valence-electron chi connectivity index (χ0n) is 12.5. The number of halogens is 4. The first kappa shape index (κ1) is 17.5. The minimum Gasteiger partial charge on any atom is -0.486 e.